The van der Waals surface area contributed by atoms with Crippen molar-refractivity contribution in [2.45, 2.75) is 58.0 Å². The zero-order valence-electron chi connectivity index (χ0n) is 13.9. The Morgan fingerprint density at radius 1 is 1.24 bits per heavy atom. The summed E-state index contributed by atoms with van der Waals surface area (Å²) in [7, 11) is -1.53. The van der Waals surface area contributed by atoms with Gasteiger partial charge in [-0.2, -0.15) is 4.31 Å². The van der Waals surface area contributed by atoms with Crippen LogP contribution < -0.4 is 5.32 Å². The van der Waals surface area contributed by atoms with E-state index < -0.39 is 10.0 Å². The Hall–Kier alpha value is -0.850. The van der Waals surface area contributed by atoms with E-state index in [1.54, 1.807) is 16.6 Å². The molecule has 0 aliphatic carbocycles. The number of hydrogen-bond acceptors (Lipinski definition) is 3. The maximum absolute atomic E-state index is 12.8. The number of aromatic nitrogens is 1. The molecule has 5 nitrogen and oxygen atoms in total. The molecule has 0 radical (unpaired) electrons. The molecule has 1 N–H and O–H groups in total. The standard InChI is InChI=1S/C15H29N3O2S/c1-6-8-17(9-7-2)21(19,20)15-10-14(11-16-5)18(12-15)13(3)4/h10,12-13,16H,6-9,11H2,1-5H3. The molecule has 0 atom stereocenters. The Kier molecular flexibility index (Phi) is 6.90. The van der Waals surface area contributed by atoms with Crippen molar-refractivity contribution < 1.29 is 8.42 Å². The molecular formula is C15H29N3O2S. The minimum Gasteiger partial charge on any atom is -0.346 e. The topological polar surface area (TPSA) is 54.3 Å². The third-order valence-electron chi connectivity index (χ3n) is 3.40. The molecule has 1 aromatic heterocycles. The highest BCUT2D eigenvalue weighted by molar-refractivity contribution is 7.89. The lowest BCUT2D eigenvalue weighted by Crippen LogP contribution is -2.32. The SMILES string of the molecule is CCCN(CCC)S(=O)(=O)c1cc(CNC)n(C(C)C)c1. The molecule has 0 fully saturated rings. The van der Waals surface area contributed by atoms with Crippen LogP contribution in [-0.4, -0.2) is 37.4 Å². The minimum absolute atomic E-state index is 0.239. The van der Waals surface area contributed by atoms with Gasteiger partial charge in [0.2, 0.25) is 10.0 Å². The number of rotatable bonds is 9. The summed E-state index contributed by atoms with van der Waals surface area (Å²) >= 11 is 0. The summed E-state index contributed by atoms with van der Waals surface area (Å²) in [6.07, 6.45) is 3.42. The van der Waals surface area contributed by atoms with Crippen LogP contribution in [0.5, 0.6) is 0 Å². The fourth-order valence-corrected chi connectivity index (χ4v) is 4.12. The van der Waals surface area contributed by atoms with Crippen molar-refractivity contribution in [2.75, 3.05) is 20.1 Å². The predicted molar refractivity (Wildman–Crippen MR) is 86.9 cm³/mol. The Balaban J connectivity index is 3.20. The second kappa shape index (κ2) is 7.96. The third-order valence-corrected chi connectivity index (χ3v) is 5.27. The third kappa shape index (κ3) is 4.31. The van der Waals surface area contributed by atoms with E-state index >= 15 is 0 Å². The molecule has 0 spiro atoms. The molecule has 0 aromatic carbocycles. The van der Waals surface area contributed by atoms with E-state index in [1.807, 2.05) is 25.5 Å². The molecule has 0 saturated heterocycles. The molecule has 1 rings (SSSR count). The molecule has 122 valence electrons. The fourth-order valence-electron chi connectivity index (χ4n) is 2.44. The smallest absolute Gasteiger partial charge is 0.244 e. The van der Waals surface area contributed by atoms with Crippen molar-refractivity contribution in [1.82, 2.24) is 14.2 Å². The summed E-state index contributed by atoms with van der Waals surface area (Å²) < 4.78 is 29.2. The minimum atomic E-state index is -3.39. The summed E-state index contributed by atoms with van der Waals surface area (Å²) in [4.78, 5) is 0.406. The van der Waals surface area contributed by atoms with E-state index in [0.29, 0.717) is 24.5 Å². The number of nitrogens with zero attached hydrogens (tertiary/aromatic N) is 2. The second-order valence-electron chi connectivity index (χ2n) is 5.60. The van der Waals surface area contributed by atoms with Gasteiger partial charge in [0.05, 0.1) is 0 Å². The lowest BCUT2D eigenvalue weighted by Gasteiger charge is -2.20. The van der Waals surface area contributed by atoms with Gasteiger partial charge in [-0.15, -0.1) is 0 Å². The summed E-state index contributed by atoms with van der Waals surface area (Å²) in [5.74, 6) is 0. The molecule has 21 heavy (non-hydrogen) atoms. The average Bonchev–Trinajstić information content (AvgIpc) is 2.84. The molecule has 6 heteroatoms. The van der Waals surface area contributed by atoms with Gasteiger partial charge in [-0.25, -0.2) is 8.42 Å². The lowest BCUT2D eigenvalue weighted by atomic mass is 10.3. The highest BCUT2D eigenvalue weighted by Gasteiger charge is 2.25. The first-order valence-electron chi connectivity index (χ1n) is 7.73. The van der Waals surface area contributed by atoms with Gasteiger partial charge in [-0.05, 0) is 39.8 Å². The van der Waals surface area contributed by atoms with E-state index in [4.69, 9.17) is 0 Å². The summed E-state index contributed by atoms with van der Waals surface area (Å²) in [5, 5.41) is 3.09. The first-order valence-corrected chi connectivity index (χ1v) is 9.17. The zero-order chi connectivity index (χ0) is 16.0. The lowest BCUT2D eigenvalue weighted by molar-refractivity contribution is 0.409. The van der Waals surface area contributed by atoms with Crippen molar-refractivity contribution in [1.29, 1.82) is 0 Å². The van der Waals surface area contributed by atoms with E-state index in [1.165, 1.54) is 0 Å². The van der Waals surface area contributed by atoms with Gasteiger partial charge >= 0.3 is 0 Å². The van der Waals surface area contributed by atoms with Gasteiger partial charge in [-0.1, -0.05) is 13.8 Å². The molecule has 0 aliphatic heterocycles. The van der Waals surface area contributed by atoms with Crippen molar-refractivity contribution in [3.8, 4) is 0 Å². The van der Waals surface area contributed by atoms with Crippen LogP contribution in [0.4, 0.5) is 0 Å². The normalized spacial score (nSPS) is 12.5. The monoisotopic (exact) mass is 315 g/mol. The predicted octanol–water partition coefficient (Wildman–Crippen LogP) is 2.60. The van der Waals surface area contributed by atoms with Crippen molar-refractivity contribution in [3.63, 3.8) is 0 Å². The van der Waals surface area contributed by atoms with Gasteiger partial charge in [0, 0.05) is 37.6 Å². The molecule has 0 amide bonds. The zero-order valence-corrected chi connectivity index (χ0v) is 14.7. The van der Waals surface area contributed by atoms with Crippen molar-refractivity contribution in [3.05, 3.63) is 18.0 Å². The van der Waals surface area contributed by atoms with Gasteiger partial charge in [0.25, 0.3) is 0 Å². The van der Waals surface area contributed by atoms with Gasteiger partial charge in [0.1, 0.15) is 4.90 Å². The van der Waals surface area contributed by atoms with E-state index in [9.17, 15) is 8.42 Å². The van der Waals surface area contributed by atoms with Crippen LogP contribution in [0, 0.1) is 0 Å². The number of sulfonamides is 1. The molecular weight excluding hydrogens is 286 g/mol. The van der Waals surface area contributed by atoms with Gasteiger partial charge in [-0.3, -0.25) is 0 Å². The Morgan fingerprint density at radius 2 is 1.81 bits per heavy atom. The maximum atomic E-state index is 12.8. The molecule has 0 unspecified atom stereocenters. The highest BCUT2D eigenvalue weighted by Crippen LogP contribution is 2.22. The fraction of sp³-hybridized carbons (Fsp3) is 0.733. The van der Waals surface area contributed by atoms with E-state index in [0.717, 1.165) is 18.5 Å². The first-order chi connectivity index (χ1) is 9.88. The van der Waals surface area contributed by atoms with Crippen LogP contribution >= 0.6 is 0 Å². The summed E-state index contributed by atoms with van der Waals surface area (Å²) in [6, 6.07) is 2.03. The Bertz CT molecular complexity index is 529. The highest BCUT2D eigenvalue weighted by atomic mass is 32.2. The largest absolute Gasteiger partial charge is 0.346 e. The summed E-state index contributed by atoms with van der Waals surface area (Å²) in [6.45, 7) is 9.94. The Labute approximate surface area is 129 Å². The van der Waals surface area contributed by atoms with Crippen LogP contribution in [0.25, 0.3) is 0 Å². The van der Waals surface area contributed by atoms with Gasteiger partial charge in [0.15, 0.2) is 0 Å². The maximum Gasteiger partial charge on any atom is 0.244 e. The van der Waals surface area contributed by atoms with Crippen LogP contribution in [0.3, 0.4) is 0 Å². The molecule has 0 saturated carbocycles. The van der Waals surface area contributed by atoms with Crippen molar-refractivity contribution >= 4 is 10.0 Å². The quantitative estimate of drug-likeness (QED) is 0.762. The van der Waals surface area contributed by atoms with E-state index in [2.05, 4.69) is 19.2 Å². The summed E-state index contributed by atoms with van der Waals surface area (Å²) in [5.41, 5.74) is 0.999. The molecule has 0 aliphatic rings. The first kappa shape index (κ1) is 18.2. The van der Waals surface area contributed by atoms with Crippen LogP contribution in [0.1, 0.15) is 52.3 Å². The van der Waals surface area contributed by atoms with Crippen LogP contribution in [0.15, 0.2) is 17.2 Å². The number of hydrogen-bond donors (Lipinski definition) is 1. The van der Waals surface area contributed by atoms with Crippen LogP contribution in [0.2, 0.25) is 0 Å². The second-order valence-corrected chi connectivity index (χ2v) is 7.54. The van der Waals surface area contributed by atoms with Gasteiger partial charge < -0.3 is 9.88 Å². The van der Waals surface area contributed by atoms with E-state index in [-0.39, 0.29) is 6.04 Å². The Morgan fingerprint density at radius 3 is 2.24 bits per heavy atom. The van der Waals surface area contributed by atoms with Crippen LogP contribution in [-0.2, 0) is 16.6 Å². The van der Waals surface area contributed by atoms with Crippen molar-refractivity contribution in [2.24, 2.45) is 0 Å². The molecule has 1 aromatic rings. The average molecular weight is 315 g/mol. The number of nitrogens with one attached hydrogen (secondary N) is 1. The molecule has 0 bridgehead atoms. The molecule has 1 heterocycles.